The van der Waals surface area contributed by atoms with Gasteiger partial charge in [-0.25, -0.2) is 4.39 Å². The summed E-state index contributed by atoms with van der Waals surface area (Å²) in [6.07, 6.45) is 2.31. The quantitative estimate of drug-likeness (QED) is 0.813. The molecule has 1 aliphatic rings. The number of aliphatic hydroxyl groups excluding tert-OH is 1. The molecule has 0 bridgehead atoms. The highest BCUT2D eigenvalue weighted by atomic mass is 19.1. The summed E-state index contributed by atoms with van der Waals surface area (Å²) in [6.45, 7) is 4.88. The third-order valence-corrected chi connectivity index (χ3v) is 3.93. The van der Waals surface area contributed by atoms with Crippen LogP contribution in [-0.2, 0) is 0 Å². The molecule has 0 unspecified atom stereocenters. The van der Waals surface area contributed by atoms with E-state index < -0.39 is 5.82 Å². The summed E-state index contributed by atoms with van der Waals surface area (Å²) >= 11 is 0. The molecule has 0 aliphatic carbocycles. The molecule has 1 heterocycles. The lowest BCUT2D eigenvalue weighted by Crippen LogP contribution is -2.37. The molecule has 0 atom stereocenters. The maximum absolute atomic E-state index is 13.8. The van der Waals surface area contributed by atoms with Gasteiger partial charge in [0.1, 0.15) is 5.82 Å². The first-order valence-corrected chi connectivity index (χ1v) is 7.51. The van der Waals surface area contributed by atoms with E-state index in [0.717, 1.165) is 38.9 Å². The van der Waals surface area contributed by atoms with Gasteiger partial charge in [0.25, 0.3) is 5.91 Å². The minimum Gasteiger partial charge on any atom is -0.393 e. The average Bonchev–Trinajstić information content (AvgIpc) is 2.48. The number of piperidine rings is 1. The first-order chi connectivity index (χ1) is 10.1. The van der Waals surface area contributed by atoms with E-state index in [0.29, 0.717) is 12.1 Å². The van der Waals surface area contributed by atoms with Gasteiger partial charge in [-0.1, -0.05) is 12.1 Å². The standard InChI is InChI=1S/C16H23FN2O2/c1-12-4-2-5-14(15(12)17)16(21)18-8-3-9-19-10-6-13(20)7-11-19/h2,4-5,13,20H,3,6-11H2,1H3,(H,18,21). The van der Waals surface area contributed by atoms with Gasteiger partial charge in [0.2, 0.25) is 0 Å². The molecule has 1 fully saturated rings. The Hall–Kier alpha value is -1.46. The lowest BCUT2D eigenvalue weighted by atomic mass is 10.1. The Bertz CT molecular complexity index is 485. The van der Waals surface area contributed by atoms with Crippen LogP contribution < -0.4 is 5.32 Å². The van der Waals surface area contributed by atoms with E-state index in [-0.39, 0.29) is 17.6 Å². The number of likely N-dealkylation sites (tertiary alicyclic amines) is 1. The van der Waals surface area contributed by atoms with Gasteiger partial charge in [-0.2, -0.15) is 0 Å². The highest BCUT2D eigenvalue weighted by molar-refractivity contribution is 5.94. The Labute approximate surface area is 125 Å². The van der Waals surface area contributed by atoms with Crippen molar-refractivity contribution < 1.29 is 14.3 Å². The SMILES string of the molecule is Cc1cccc(C(=O)NCCCN2CCC(O)CC2)c1F. The van der Waals surface area contributed by atoms with Gasteiger partial charge in [-0.3, -0.25) is 4.79 Å². The van der Waals surface area contributed by atoms with Gasteiger partial charge in [-0.05, 0) is 44.4 Å². The van der Waals surface area contributed by atoms with Crippen molar-refractivity contribution in [3.05, 3.63) is 35.1 Å². The van der Waals surface area contributed by atoms with Gasteiger partial charge >= 0.3 is 0 Å². The number of amides is 1. The van der Waals surface area contributed by atoms with Gasteiger partial charge < -0.3 is 15.3 Å². The summed E-state index contributed by atoms with van der Waals surface area (Å²) in [4.78, 5) is 14.2. The number of aryl methyl sites for hydroxylation is 1. The van der Waals surface area contributed by atoms with Gasteiger partial charge in [0.05, 0.1) is 11.7 Å². The number of nitrogens with zero attached hydrogens (tertiary/aromatic N) is 1. The summed E-state index contributed by atoms with van der Waals surface area (Å²) in [6, 6.07) is 4.84. The molecule has 0 aromatic heterocycles. The molecular formula is C16H23FN2O2. The second-order valence-corrected chi connectivity index (χ2v) is 5.62. The molecule has 1 aromatic carbocycles. The van der Waals surface area contributed by atoms with E-state index in [1.165, 1.54) is 6.07 Å². The number of hydrogen-bond acceptors (Lipinski definition) is 3. The van der Waals surface area contributed by atoms with Crippen molar-refractivity contribution in [2.45, 2.75) is 32.3 Å². The fourth-order valence-electron chi connectivity index (χ4n) is 2.57. The maximum Gasteiger partial charge on any atom is 0.254 e. The molecule has 0 spiro atoms. The topological polar surface area (TPSA) is 52.6 Å². The lowest BCUT2D eigenvalue weighted by molar-refractivity contribution is 0.0816. The third kappa shape index (κ3) is 4.51. The van der Waals surface area contributed by atoms with Crippen LogP contribution in [0.2, 0.25) is 0 Å². The molecule has 116 valence electrons. The highest BCUT2D eigenvalue weighted by Crippen LogP contribution is 2.12. The normalized spacial score (nSPS) is 16.9. The smallest absolute Gasteiger partial charge is 0.254 e. The minimum absolute atomic E-state index is 0.107. The number of aliphatic hydroxyl groups is 1. The van der Waals surface area contributed by atoms with Crippen LogP contribution in [0.3, 0.4) is 0 Å². The molecule has 1 amide bonds. The fraction of sp³-hybridized carbons (Fsp3) is 0.562. The Morgan fingerprint density at radius 3 is 2.86 bits per heavy atom. The monoisotopic (exact) mass is 294 g/mol. The van der Waals surface area contributed by atoms with E-state index in [1.807, 2.05) is 0 Å². The molecule has 5 heteroatoms. The van der Waals surface area contributed by atoms with Crippen molar-refractivity contribution in [2.75, 3.05) is 26.2 Å². The zero-order chi connectivity index (χ0) is 15.2. The Morgan fingerprint density at radius 2 is 2.14 bits per heavy atom. The van der Waals surface area contributed by atoms with Crippen LogP contribution in [0, 0.1) is 12.7 Å². The van der Waals surface area contributed by atoms with Gasteiger partial charge in [0.15, 0.2) is 0 Å². The van der Waals surface area contributed by atoms with Crippen molar-refractivity contribution >= 4 is 5.91 Å². The van der Waals surface area contributed by atoms with Gasteiger partial charge in [0, 0.05) is 19.6 Å². The maximum atomic E-state index is 13.8. The largest absolute Gasteiger partial charge is 0.393 e. The average molecular weight is 294 g/mol. The van der Waals surface area contributed by atoms with Crippen LogP contribution in [0.25, 0.3) is 0 Å². The van der Waals surface area contributed by atoms with E-state index in [2.05, 4.69) is 10.2 Å². The van der Waals surface area contributed by atoms with Crippen molar-refractivity contribution in [3.63, 3.8) is 0 Å². The molecule has 2 N–H and O–H groups in total. The summed E-state index contributed by atoms with van der Waals surface area (Å²) in [5, 5.41) is 12.2. The minimum atomic E-state index is -0.444. The van der Waals surface area contributed by atoms with Crippen LogP contribution in [0.15, 0.2) is 18.2 Å². The van der Waals surface area contributed by atoms with E-state index in [4.69, 9.17) is 0 Å². The first kappa shape index (κ1) is 15.9. The Balaban J connectivity index is 1.71. The summed E-state index contributed by atoms with van der Waals surface area (Å²) in [5.41, 5.74) is 0.589. The van der Waals surface area contributed by atoms with Crippen LogP contribution in [0.4, 0.5) is 4.39 Å². The van der Waals surface area contributed by atoms with Gasteiger partial charge in [-0.15, -0.1) is 0 Å². The molecule has 21 heavy (non-hydrogen) atoms. The molecule has 1 saturated heterocycles. The second kappa shape index (κ2) is 7.52. The number of nitrogens with one attached hydrogen (secondary N) is 1. The summed E-state index contributed by atoms with van der Waals surface area (Å²) in [5.74, 6) is -0.801. The molecule has 2 rings (SSSR count). The van der Waals surface area contributed by atoms with Crippen molar-refractivity contribution in [1.29, 1.82) is 0 Å². The predicted octanol–water partition coefficient (Wildman–Crippen LogP) is 1.71. The predicted molar refractivity (Wildman–Crippen MR) is 79.8 cm³/mol. The lowest BCUT2D eigenvalue weighted by Gasteiger charge is -2.29. The number of hydrogen-bond donors (Lipinski definition) is 2. The number of rotatable bonds is 5. The number of carbonyl (C=O) groups excluding carboxylic acids is 1. The zero-order valence-corrected chi connectivity index (χ0v) is 12.4. The number of carbonyl (C=O) groups is 1. The van der Waals surface area contributed by atoms with E-state index >= 15 is 0 Å². The molecule has 1 aromatic rings. The number of benzene rings is 1. The van der Waals surface area contributed by atoms with Crippen LogP contribution in [0.5, 0.6) is 0 Å². The molecule has 1 aliphatic heterocycles. The van der Waals surface area contributed by atoms with Crippen LogP contribution in [-0.4, -0.2) is 48.2 Å². The van der Waals surface area contributed by atoms with Crippen LogP contribution >= 0.6 is 0 Å². The van der Waals surface area contributed by atoms with Crippen molar-refractivity contribution in [1.82, 2.24) is 10.2 Å². The van der Waals surface area contributed by atoms with E-state index in [9.17, 15) is 14.3 Å². The number of halogens is 1. The van der Waals surface area contributed by atoms with Crippen molar-refractivity contribution in [3.8, 4) is 0 Å². The first-order valence-electron chi connectivity index (χ1n) is 7.51. The highest BCUT2D eigenvalue weighted by Gasteiger charge is 2.16. The molecule has 0 saturated carbocycles. The van der Waals surface area contributed by atoms with Crippen LogP contribution in [0.1, 0.15) is 35.2 Å². The van der Waals surface area contributed by atoms with E-state index in [1.54, 1.807) is 19.1 Å². The van der Waals surface area contributed by atoms with Crippen molar-refractivity contribution in [2.24, 2.45) is 0 Å². The Morgan fingerprint density at radius 1 is 1.43 bits per heavy atom. The molecular weight excluding hydrogens is 271 g/mol. The Kier molecular flexibility index (Phi) is 5.70. The summed E-state index contributed by atoms with van der Waals surface area (Å²) in [7, 11) is 0. The third-order valence-electron chi connectivity index (χ3n) is 3.93. The summed E-state index contributed by atoms with van der Waals surface area (Å²) < 4.78 is 13.8. The molecule has 0 radical (unpaired) electrons. The molecule has 4 nitrogen and oxygen atoms in total. The fourth-order valence-corrected chi connectivity index (χ4v) is 2.57. The zero-order valence-electron chi connectivity index (χ0n) is 12.4. The second-order valence-electron chi connectivity index (χ2n) is 5.62.